The standard InChI is InChI=1S/C12H26N2/c1-10(2)4-7-14-8-5-12(6-9-14)11(3)13/h10-12H,4-9,13H2,1-3H3. The van der Waals surface area contributed by atoms with Crippen molar-refractivity contribution in [2.45, 2.75) is 46.1 Å². The van der Waals surface area contributed by atoms with E-state index in [4.69, 9.17) is 5.73 Å². The van der Waals surface area contributed by atoms with Gasteiger partial charge in [0.25, 0.3) is 0 Å². The zero-order valence-corrected chi connectivity index (χ0v) is 10.00. The molecule has 0 amide bonds. The van der Waals surface area contributed by atoms with Crippen LogP contribution >= 0.6 is 0 Å². The molecule has 0 aromatic heterocycles. The van der Waals surface area contributed by atoms with Crippen LogP contribution in [-0.2, 0) is 0 Å². The highest BCUT2D eigenvalue weighted by molar-refractivity contribution is 4.77. The lowest BCUT2D eigenvalue weighted by Gasteiger charge is -2.33. The fraction of sp³-hybridized carbons (Fsp3) is 1.00. The number of nitrogens with zero attached hydrogens (tertiary/aromatic N) is 1. The molecule has 1 unspecified atom stereocenters. The van der Waals surface area contributed by atoms with Crippen LogP contribution in [-0.4, -0.2) is 30.6 Å². The molecule has 1 atom stereocenters. The smallest absolute Gasteiger partial charge is 0.00397 e. The van der Waals surface area contributed by atoms with E-state index in [-0.39, 0.29) is 0 Å². The Morgan fingerprint density at radius 1 is 1.21 bits per heavy atom. The summed E-state index contributed by atoms with van der Waals surface area (Å²) >= 11 is 0. The van der Waals surface area contributed by atoms with Crippen molar-refractivity contribution < 1.29 is 0 Å². The van der Waals surface area contributed by atoms with Crippen LogP contribution in [0.15, 0.2) is 0 Å². The van der Waals surface area contributed by atoms with Gasteiger partial charge in [0.15, 0.2) is 0 Å². The predicted octanol–water partition coefficient (Wildman–Crippen LogP) is 2.09. The Labute approximate surface area is 88.8 Å². The molecule has 0 radical (unpaired) electrons. The summed E-state index contributed by atoms with van der Waals surface area (Å²) in [4.78, 5) is 2.60. The molecule has 0 spiro atoms. The van der Waals surface area contributed by atoms with Crippen molar-refractivity contribution >= 4 is 0 Å². The molecule has 1 heterocycles. The molecule has 1 fully saturated rings. The Kier molecular flexibility index (Phi) is 4.90. The van der Waals surface area contributed by atoms with E-state index in [0.29, 0.717) is 6.04 Å². The summed E-state index contributed by atoms with van der Waals surface area (Å²) < 4.78 is 0. The van der Waals surface area contributed by atoms with E-state index in [1.807, 2.05) is 0 Å². The molecule has 2 heteroatoms. The van der Waals surface area contributed by atoms with Crippen molar-refractivity contribution in [3.63, 3.8) is 0 Å². The lowest BCUT2D eigenvalue weighted by atomic mass is 9.91. The minimum atomic E-state index is 0.391. The number of likely N-dealkylation sites (tertiary alicyclic amines) is 1. The largest absolute Gasteiger partial charge is 0.328 e. The van der Waals surface area contributed by atoms with E-state index in [0.717, 1.165) is 11.8 Å². The summed E-state index contributed by atoms with van der Waals surface area (Å²) in [6, 6.07) is 0.391. The fourth-order valence-electron chi connectivity index (χ4n) is 2.14. The summed E-state index contributed by atoms with van der Waals surface area (Å²) in [5, 5.41) is 0. The summed E-state index contributed by atoms with van der Waals surface area (Å²) in [5.41, 5.74) is 5.92. The Morgan fingerprint density at radius 3 is 2.21 bits per heavy atom. The van der Waals surface area contributed by atoms with E-state index >= 15 is 0 Å². The molecule has 0 aliphatic carbocycles. The van der Waals surface area contributed by atoms with Gasteiger partial charge in [-0.15, -0.1) is 0 Å². The van der Waals surface area contributed by atoms with Crippen LogP contribution < -0.4 is 5.73 Å². The van der Waals surface area contributed by atoms with Gasteiger partial charge >= 0.3 is 0 Å². The average Bonchev–Trinajstić information content (AvgIpc) is 2.15. The first-order chi connectivity index (χ1) is 6.59. The molecule has 0 aromatic rings. The molecule has 2 N–H and O–H groups in total. The van der Waals surface area contributed by atoms with E-state index in [1.54, 1.807) is 0 Å². The van der Waals surface area contributed by atoms with Gasteiger partial charge in [0, 0.05) is 6.04 Å². The van der Waals surface area contributed by atoms with E-state index in [9.17, 15) is 0 Å². The normalized spacial score (nSPS) is 22.9. The molecule has 1 saturated heterocycles. The number of nitrogens with two attached hydrogens (primary N) is 1. The van der Waals surface area contributed by atoms with E-state index in [2.05, 4.69) is 25.7 Å². The molecule has 2 nitrogen and oxygen atoms in total. The van der Waals surface area contributed by atoms with Crippen LogP contribution in [0.1, 0.15) is 40.0 Å². The second kappa shape index (κ2) is 5.72. The Bertz CT molecular complexity index is 146. The maximum absolute atomic E-state index is 5.92. The number of rotatable bonds is 4. The van der Waals surface area contributed by atoms with Gasteiger partial charge in [-0.05, 0) is 57.7 Å². The Hall–Kier alpha value is -0.0800. The zero-order chi connectivity index (χ0) is 10.6. The Morgan fingerprint density at radius 2 is 1.79 bits per heavy atom. The van der Waals surface area contributed by atoms with Crippen molar-refractivity contribution in [1.29, 1.82) is 0 Å². The highest BCUT2D eigenvalue weighted by Crippen LogP contribution is 2.19. The summed E-state index contributed by atoms with van der Waals surface area (Å²) in [5.74, 6) is 1.60. The first-order valence-electron chi connectivity index (χ1n) is 6.07. The van der Waals surface area contributed by atoms with Gasteiger partial charge in [0.1, 0.15) is 0 Å². The van der Waals surface area contributed by atoms with Crippen LogP contribution in [0.2, 0.25) is 0 Å². The van der Waals surface area contributed by atoms with Gasteiger partial charge in [-0.1, -0.05) is 13.8 Å². The highest BCUT2D eigenvalue weighted by atomic mass is 15.1. The van der Waals surface area contributed by atoms with Crippen LogP contribution in [0.25, 0.3) is 0 Å². The molecule has 1 aliphatic rings. The van der Waals surface area contributed by atoms with Crippen LogP contribution in [0.3, 0.4) is 0 Å². The second-order valence-electron chi connectivity index (χ2n) is 5.22. The molecular weight excluding hydrogens is 172 g/mol. The quantitative estimate of drug-likeness (QED) is 0.749. The molecule has 84 valence electrons. The third-order valence-electron chi connectivity index (χ3n) is 3.40. The summed E-state index contributed by atoms with van der Waals surface area (Å²) in [6.07, 6.45) is 3.94. The average molecular weight is 198 g/mol. The zero-order valence-electron chi connectivity index (χ0n) is 10.00. The fourth-order valence-corrected chi connectivity index (χ4v) is 2.14. The minimum absolute atomic E-state index is 0.391. The molecule has 0 saturated carbocycles. The second-order valence-corrected chi connectivity index (χ2v) is 5.22. The van der Waals surface area contributed by atoms with Gasteiger partial charge in [-0.25, -0.2) is 0 Å². The number of piperidine rings is 1. The van der Waals surface area contributed by atoms with Crippen LogP contribution in [0.4, 0.5) is 0 Å². The van der Waals surface area contributed by atoms with Crippen molar-refractivity contribution in [3.05, 3.63) is 0 Å². The van der Waals surface area contributed by atoms with Crippen LogP contribution in [0, 0.1) is 11.8 Å². The van der Waals surface area contributed by atoms with Crippen molar-refractivity contribution in [2.24, 2.45) is 17.6 Å². The number of hydrogen-bond acceptors (Lipinski definition) is 2. The molecule has 1 rings (SSSR count). The van der Waals surface area contributed by atoms with E-state index < -0.39 is 0 Å². The predicted molar refractivity (Wildman–Crippen MR) is 62.3 cm³/mol. The highest BCUT2D eigenvalue weighted by Gasteiger charge is 2.21. The van der Waals surface area contributed by atoms with Gasteiger partial charge < -0.3 is 10.6 Å². The first kappa shape index (κ1) is 12.0. The molecule has 0 aromatic carbocycles. The third-order valence-corrected chi connectivity index (χ3v) is 3.40. The monoisotopic (exact) mass is 198 g/mol. The van der Waals surface area contributed by atoms with Gasteiger partial charge in [0.2, 0.25) is 0 Å². The van der Waals surface area contributed by atoms with Crippen molar-refractivity contribution in [3.8, 4) is 0 Å². The molecule has 0 bridgehead atoms. The van der Waals surface area contributed by atoms with Gasteiger partial charge in [-0.3, -0.25) is 0 Å². The van der Waals surface area contributed by atoms with Crippen molar-refractivity contribution in [2.75, 3.05) is 19.6 Å². The molecule has 14 heavy (non-hydrogen) atoms. The SMILES string of the molecule is CC(C)CCN1CCC(C(C)N)CC1. The van der Waals surface area contributed by atoms with E-state index in [1.165, 1.54) is 38.9 Å². The molecular formula is C12H26N2. The third kappa shape index (κ3) is 3.97. The van der Waals surface area contributed by atoms with Gasteiger partial charge in [-0.2, -0.15) is 0 Å². The minimum Gasteiger partial charge on any atom is -0.328 e. The summed E-state index contributed by atoms with van der Waals surface area (Å²) in [6.45, 7) is 10.6. The maximum Gasteiger partial charge on any atom is 0.00397 e. The maximum atomic E-state index is 5.92. The summed E-state index contributed by atoms with van der Waals surface area (Å²) in [7, 11) is 0. The van der Waals surface area contributed by atoms with Gasteiger partial charge in [0.05, 0.1) is 0 Å². The first-order valence-corrected chi connectivity index (χ1v) is 6.07. The lowest BCUT2D eigenvalue weighted by molar-refractivity contribution is 0.165. The van der Waals surface area contributed by atoms with Crippen LogP contribution in [0.5, 0.6) is 0 Å². The topological polar surface area (TPSA) is 29.3 Å². The van der Waals surface area contributed by atoms with Crippen molar-refractivity contribution in [1.82, 2.24) is 4.90 Å². The Balaban J connectivity index is 2.16. The molecule has 1 aliphatic heterocycles. The number of hydrogen-bond donors (Lipinski definition) is 1. The lowest BCUT2D eigenvalue weighted by Crippen LogP contribution is -2.40.